The molecule has 0 unspecified atom stereocenters. The van der Waals surface area contributed by atoms with Crippen LogP contribution in [0.2, 0.25) is 0 Å². The number of hydrogen-bond acceptors (Lipinski definition) is 4. The summed E-state index contributed by atoms with van der Waals surface area (Å²) < 4.78 is 28.4. The summed E-state index contributed by atoms with van der Waals surface area (Å²) in [4.78, 5) is 14.8. The normalized spacial score (nSPS) is 10.2. The second-order valence-corrected chi connectivity index (χ2v) is 2.88. The van der Waals surface area contributed by atoms with Gasteiger partial charge in [0.1, 0.15) is 0 Å². The standard InChI is InChI=1S/C9H11F2N3O2/c10-7(11)4-14-8(15)5-16-9-6(12)2-1-3-13-9/h1-3,7H,4-5,12H2,(H,14,15). The maximum absolute atomic E-state index is 11.7. The SMILES string of the molecule is Nc1cccnc1OCC(=O)NCC(F)F. The average molecular weight is 231 g/mol. The van der Waals surface area contributed by atoms with Crippen molar-refractivity contribution in [3.63, 3.8) is 0 Å². The van der Waals surface area contributed by atoms with Crippen molar-refractivity contribution in [3.8, 4) is 5.88 Å². The van der Waals surface area contributed by atoms with Crippen molar-refractivity contribution in [2.75, 3.05) is 18.9 Å². The number of nitrogens with zero attached hydrogens (tertiary/aromatic N) is 1. The Hall–Kier alpha value is -1.92. The number of anilines is 1. The molecule has 0 saturated heterocycles. The van der Waals surface area contributed by atoms with Gasteiger partial charge in [0.25, 0.3) is 12.3 Å². The van der Waals surface area contributed by atoms with Gasteiger partial charge in [0.05, 0.1) is 12.2 Å². The summed E-state index contributed by atoms with van der Waals surface area (Å²) >= 11 is 0. The lowest BCUT2D eigenvalue weighted by Gasteiger charge is -2.07. The first-order chi connectivity index (χ1) is 7.59. The zero-order chi connectivity index (χ0) is 12.0. The molecule has 5 nitrogen and oxygen atoms in total. The van der Waals surface area contributed by atoms with E-state index in [4.69, 9.17) is 10.5 Å². The molecule has 1 amide bonds. The van der Waals surface area contributed by atoms with Crippen LogP contribution in [0.5, 0.6) is 5.88 Å². The zero-order valence-corrected chi connectivity index (χ0v) is 8.32. The van der Waals surface area contributed by atoms with Crippen LogP contribution in [0.3, 0.4) is 0 Å². The van der Waals surface area contributed by atoms with E-state index >= 15 is 0 Å². The molecule has 0 atom stereocenters. The fraction of sp³-hybridized carbons (Fsp3) is 0.333. The number of rotatable bonds is 5. The van der Waals surface area contributed by atoms with E-state index in [1.54, 1.807) is 12.1 Å². The van der Waals surface area contributed by atoms with E-state index < -0.39 is 25.5 Å². The molecule has 3 N–H and O–H groups in total. The summed E-state index contributed by atoms with van der Waals surface area (Å²) in [5.41, 5.74) is 5.77. The first-order valence-corrected chi connectivity index (χ1v) is 4.47. The van der Waals surface area contributed by atoms with Crippen LogP contribution in [0.4, 0.5) is 14.5 Å². The minimum absolute atomic E-state index is 0.106. The second kappa shape index (κ2) is 5.84. The topological polar surface area (TPSA) is 77.2 Å². The molecule has 7 heteroatoms. The van der Waals surface area contributed by atoms with Gasteiger partial charge >= 0.3 is 0 Å². The highest BCUT2D eigenvalue weighted by Gasteiger charge is 2.08. The van der Waals surface area contributed by atoms with Gasteiger partial charge < -0.3 is 15.8 Å². The van der Waals surface area contributed by atoms with Crippen molar-refractivity contribution in [1.82, 2.24) is 10.3 Å². The van der Waals surface area contributed by atoms with Gasteiger partial charge in [-0.1, -0.05) is 0 Å². The molecule has 0 aliphatic carbocycles. The third-order valence-electron chi connectivity index (χ3n) is 1.59. The number of halogens is 2. The molecule has 16 heavy (non-hydrogen) atoms. The predicted molar refractivity (Wildman–Crippen MR) is 53.2 cm³/mol. The zero-order valence-electron chi connectivity index (χ0n) is 8.32. The number of pyridine rings is 1. The Labute approximate surface area is 90.6 Å². The van der Waals surface area contributed by atoms with Gasteiger partial charge in [0.2, 0.25) is 5.88 Å². The van der Waals surface area contributed by atoms with E-state index in [2.05, 4.69) is 4.98 Å². The molecule has 0 aliphatic rings. The number of nitrogens with two attached hydrogens (primary N) is 1. The van der Waals surface area contributed by atoms with Crippen LogP contribution in [0, 0.1) is 0 Å². The minimum Gasteiger partial charge on any atom is -0.466 e. The van der Waals surface area contributed by atoms with E-state index in [0.717, 1.165) is 0 Å². The van der Waals surface area contributed by atoms with Crippen molar-refractivity contribution in [2.45, 2.75) is 6.43 Å². The average Bonchev–Trinajstić information content (AvgIpc) is 2.25. The molecule has 1 aromatic heterocycles. The number of ether oxygens (including phenoxy) is 1. The van der Waals surface area contributed by atoms with E-state index in [1.165, 1.54) is 6.20 Å². The molecular formula is C9H11F2N3O2. The Morgan fingerprint density at radius 3 is 3.00 bits per heavy atom. The number of amides is 1. The van der Waals surface area contributed by atoms with Crippen LogP contribution in [0.25, 0.3) is 0 Å². The Kier molecular flexibility index (Phi) is 4.43. The molecule has 1 heterocycles. The number of carbonyl (C=O) groups excluding carboxylic acids is 1. The summed E-state index contributed by atoms with van der Waals surface area (Å²) in [7, 11) is 0. The van der Waals surface area contributed by atoms with Crippen LogP contribution in [0.15, 0.2) is 18.3 Å². The summed E-state index contributed by atoms with van der Waals surface area (Å²) in [6, 6.07) is 3.17. The quantitative estimate of drug-likeness (QED) is 0.770. The second-order valence-electron chi connectivity index (χ2n) is 2.88. The summed E-state index contributed by atoms with van der Waals surface area (Å²) in [5, 5.41) is 1.99. The van der Waals surface area contributed by atoms with E-state index in [9.17, 15) is 13.6 Å². The third kappa shape index (κ3) is 4.07. The minimum atomic E-state index is -2.58. The molecule has 0 radical (unpaired) electrons. The number of hydrogen-bond donors (Lipinski definition) is 2. The van der Waals surface area contributed by atoms with Gasteiger partial charge in [0, 0.05) is 6.20 Å². The summed E-state index contributed by atoms with van der Waals surface area (Å²) in [5.74, 6) is -0.542. The highest BCUT2D eigenvalue weighted by Crippen LogP contribution is 2.15. The van der Waals surface area contributed by atoms with E-state index in [-0.39, 0.29) is 11.6 Å². The van der Waals surface area contributed by atoms with Gasteiger partial charge in [-0.15, -0.1) is 0 Å². The van der Waals surface area contributed by atoms with Crippen molar-refractivity contribution in [2.24, 2.45) is 0 Å². The van der Waals surface area contributed by atoms with Gasteiger partial charge in [0.15, 0.2) is 6.61 Å². The highest BCUT2D eigenvalue weighted by molar-refractivity contribution is 5.77. The molecule has 0 bridgehead atoms. The molecule has 0 saturated carbocycles. The largest absolute Gasteiger partial charge is 0.466 e. The lowest BCUT2D eigenvalue weighted by atomic mass is 10.4. The van der Waals surface area contributed by atoms with Gasteiger partial charge in [-0.3, -0.25) is 4.79 Å². The first kappa shape index (κ1) is 12.2. The number of carbonyl (C=O) groups is 1. The van der Waals surface area contributed by atoms with Crippen LogP contribution >= 0.6 is 0 Å². The number of aromatic nitrogens is 1. The van der Waals surface area contributed by atoms with Crippen molar-refractivity contribution < 1.29 is 18.3 Å². The fourth-order valence-electron chi connectivity index (χ4n) is 0.900. The Balaban J connectivity index is 2.35. The van der Waals surface area contributed by atoms with Gasteiger partial charge in [-0.25, -0.2) is 13.8 Å². The fourth-order valence-corrected chi connectivity index (χ4v) is 0.900. The third-order valence-corrected chi connectivity index (χ3v) is 1.59. The Morgan fingerprint density at radius 2 is 2.38 bits per heavy atom. The lowest BCUT2D eigenvalue weighted by molar-refractivity contribution is -0.123. The molecular weight excluding hydrogens is 220 g/mol. The molecule has 88 valence electrons. The van der Waals surface area contributed by atoms with Gasteiger partial charge in [-0.05, 0) is 12.1 Å². The summed E-state index contributed by atoms with van der Waals surface area (Å²) in [6.07, 6.45) is -1.13. The number of nitrogens with one attached hydrogen (secondary N) is 1. The number of alkyl halides is 2. The van der Waals surface area contributed by atoms with Crippen LogP contribution in [0.1, 0.15) is 0 Å². The molecule has 1 rings (SSSR count). The maximum atomic E-state index is 11.7. The molecule has 0 aromatic carbocycles. The van der Waals surface area contributed by atoms with E-state index in [1.807, 2.05) is 5.32 Å². The summed E-state index contributed by atoms with van der Waals surface area (Å²) in [6.45, 7) is -1.09. The smallest absolute Gasteiger partial charge is 0.258 e. The van der Waals surface area contributed by atoms with Crippen molar-refractivity contribution in [3.05, 3.63) is 18.3 Å². The molecule has 0 spiro atoms. The lowest BCUT2D eigenvalue weighted by Crippen LogP contribution is -2.32. The van der Waals surface area contributed by atoms with Gasteiger partial charge in [-0.2, -0.15) is 0 Å². The molecule has 0 aliphatic heterocycles. The van der Waals surface area contributed by atoms with Crippen molar-refractivity contribution >= 4 is 11.6 Å². The van der Waals surface area contributed by atoms with Crippen LogP contribution in [-0.4, -0.2) is 30.5 Å². The highest BCUT2D eigenvalue weighted by atomic mass is 19.3. The molecule has 0 fully saturated rings. The molecule has 1 aromatic rings. The predicted octanol–water partition coefficient (Wildman–Crippen LogP) is 0.424. The Morgan fingerprint density at radius 1 is 1.62 bits per heavy atom. The van der Waals surface area contributed by atoms with Crippen LogP contribution < -0.4 is 15.8 Å². The first-order valence-electron chi connectivity index (χ1n) is 4.47. The van der Waals surface area contributed by atoms with Crippen molar-refractivity contribution in [1.29, 1.82) is 0 Å². The Bertz CT molecular complexity index is 360. The monoisotopic (exact) mass is 231 g/mol. The van der Waals surface area contributed by atoms with Crippen LogP contribution in [-0.2, 0) is 4.79 Å². The maximum Gasteiger partial charge on any atom is 0.258 e. The van der Waals surface area contributed by atoms with E-state index in [0.29, 0.717) is 0 Å². The number of nitrogen functional groups attached to an aromatic ring is 1.